The topological polar surface area (TPSA) is 81.8 Å². The average molecular weight is 477 g/mol. The quantitative estimate of drug-likeness (QED) is 0.455. The Morgan fingerprint density at radius 2 is 1.77 bits per heavy atom. The molecule has 0 unspecified atom stereocenters. The third-order valence-electron chi connectivity index (χ3n) is 4.67. The van der Waals surface area contributed by atoms with Crippen molar-refractivity contribution in [1.29, 1.82) is 0 Å². The van der Waals surface area contributed by atoms with Crippen LogP contribution in [0.3, 0.4) is 0 Å². The summed E-state index contributed by atoms with van der Waals surface area (Å²) in [7, 11) is 0. The van der Waals surface area contributed by atoms with Crippen molar-refractivity contribution in [2.24, 2.45) is 0 Å². The van der Waals surface area contributed by atoms with Crippen molar-refractivity contribution in [3.05, 3.63) is 91.5 Å². The molecule has 2 heterocycles. The van der Waals surface area contributed by atoms with Crippen LogP contribution in [0.4, 0.5) is 0 Å². The summed E-state index contributed by atoms with van der Waals surface area (Å²) < 4.78 is 3.09. The van der Waals surface area contributed by atoms with Crippen LogP contribution in [0, 0.1) is 0 Å². The molecule has 158 valence electrons. The highest BCUT2D eigenvalue weighted by Crippen LogP contribution is 2.20. The Kier molecular flexibility index (Phi) is 6.27. The van der Waals surface area contributed by atoms with Crippen molar-refractivity contribution >= 4 is 51.7 Å². The van der Waals surface area contributed by atoms with Crippen molar-refractivity contribution < 1.29 is 4.79 Å². The number of amides is 1. The normalized spacial score (nSPS) is 11.1. The number of carbonyl (C=O) groups excluding carboxylic acids is 1. The van der Waals surface area contributed by atoms with Gasteiger partial charge in [-0.05, 0) is 35.9 Å². The highest BCUT2D eigenvalue weighted by atomic mass is 35.5. The Labute approximate surface area is 192 Å². The smallest absolute Gasteiger partial charge is 0.264 e. The first-order valence-electron chi connectivity index (χ1n) is 9.31. The molecule has 2 aromatic heterocycles. The lowest BCUT2D eigenvalue weighted by Crippen LogP contribution is -2.28. The number of fused-ring (bicyclic) bond motifs is 1. The van der Waals surface area contributed by atoms with E-state index in [-0.39, 0.29) is 23.0 Å². The van der Waals surface area contributed by atoms with Crippen molar-refractivity contribution in [3.8, 4) is 0 Å². The van der Waals surface area contributed by atoms with Gasteiger partial charge >= 0.3 is 0 Å². The molecular formula is C21H16Cl3N5O2. The van der Waals surface area contributed by atoms with Crippen LogP contribution in [0.5, 0.6) is 0 Å². The minimum absolute atomic E-state index is 0.191. The molecule has 2 aromatic carbocycles. The number of hydrogen-bond acceptors (Lipinski definition) is 4. The maximum absolute atomic E-state index is 12.8. The average Bonchev–Trinajstić information content (AvgIpc) is 3.15. The SMILES string of the molecule is O=C(NCCn1ncc2c(=O)n(Cc3ccc(Cl)cc3)cnc21)c1ccc(Cl)cc1Cl. The molecule has 4 aromatic rings. The summed E-state index contributed by atoms with van der Waals surface area (Å²) in [5.74, 6) is -0.323. The second-order valence-corrected chi connectivity index (χ2v) is 8.07. The first-order chi connectivity index (χ1) is 14.9. The monoisotopic (exact) mass is 475 g/mol. The predicted molar refractivity (Wildman–Crippen MR) is 121 cm³/mol. The summed E-state index contributed by atoms with van der Waals surface area (Å²) in [6.07, 6.45) is 2.98. The lowest BCUT2D eigenvalue weighted by Gasteiger charge is -2.08. The van der Waals surface area contributed by atoms with Crippen molar-refractivity contribution in [2.45, 2.75) is 13.1 Å². The molecule has 0 spiro atoms. The Morgan fingerprint density at radius 1 is 1.03 bits per heavy atom. The Balaban J connectivity index is 1.45. The third kappa shape index (κ3) is 4.74. The molecule has 10 heteroatoms. The van der Waals surface area contributed by atoms with Crippen molar-refractivity contribution in [3.63, 3.8) is 0 Å². The van der Waals surface area contributed by atoms with Gasteiger partial charge in [-0.2, -0.15) is 5.10 Å². The molecule has 0 bridgehead atoms. The first kappa shape index (κ1) is 21.4. The van der Waals surface area contributed by atoms with Crippen LogP contribution in [0.2, 0.25) is 15.1 Å². The number of halogens is 3. The largest absolute Gasteiger partial charge is 0.350 e. The zero-order valence-electron chi connectivity index (χ0n) is 16.1. The molecule has 0 saturated heterocycles. The second kappa shape index (κ2) is 9.09. The van der Waals surface area contributed by atoms with Gasteiger partial charge in [0, 0.05) is 16.6 Å². The van der Waals surface area contributed by atoms with E-state index in [1.165, 1.54) is 23.2 Å². The summed E-state index contributed by atoms with van der Waals surface area (Å²) in [4.78, 5) is 29.5. The molecular weight excluding hydrogens is 461 g/mol. The van der Waals surface area contributed by atoms with E-state index in [4.69, 9.17) is 34.8 Å². The van der Waals surface area contributed by atoms with Crippen LogP contribution in [-0.2, 0) is 13.1 Å². The maximum atomic E-state index is 12.8. The Hall–Kier alpha value is -2.87. The van der Waals surface area contributed by atoms with Gasteiger partial charge in [0.1, 0.15) is 11.7 Å². The predicted octanol–water partition coefficient (Wildman–Crippen LogP) is 4.03. The van der Waals surface area contributed by atoms with Gasteiger partial charge in [-0.1, -0.05) is 46.9 Å². The van der Waals surface area contributed by atoms with Gasteiger partial charge in [-0.25, -0.2) is 9.67 Å². The number of nitrogens with zero attached hydrogens (tertiary/aromatic N) is 4. The minimum Gasteiger partial charge on any atom is -0.350 e. The van der Waals surface area contributed by atoms with Gasteiger partial charge in [0.05, 0.1) is 29.9 Å². The summed E-state index contributed by atoms with van der Waals surface area (Å²) in [6, 6.07) is 11.9. The number of benzene rings is 2. The lowest BCUT2D eigenvalue weighted by molar-refractivity contribution is 0.0952. The molecule has 4 rings (SSSR count). The summed E-state index contributed by atoms with van der Waals surface area (Å²) in [5.41, 5.74) is 1.53. The van der Waals surface area contributed by atoms with Gasteiger partial charge in [0.15, 0.2) is 5.65 Å². The molecule has 0 aliphatic rings. The summed E-state index contributed by atoms with van der Waals surface area (Å²) in [5, 5.41) is 8.79. The fourth-order valence-corrected chi connectivity index (χ4v) is 3.72. The van der Waals surface area contributed by atoms with Crippen LogP contribution in [0.1, 0.15) is 15.9 Å². The lowest BCUT2D eigenvalue weighted by atomic mass is 10.2. The third-order valence-corrected chi connectivity index (χ3v) is 5.47. The van der Waals surface area contributed by atoms with Gasteiger partial charge in [0.2, 0.25) is 0 Å². The second-order valence-electron chi connectivity index (χ2n) is 6.79. The highest BCUT2D eigenvalue weighted by Gasteiger charge is 2.13. The molecule has 7 nitrogen and oxygen atoms in total. The summed E-state index contributed by atoms with van der Waals surface area (Å²) in [6.45, 7) is 1.00. The number of nitrogens with one attached hydrogen (secondary N) is 1. The molecule has 0 atom stereocenters. The van der Waals surface area contributed by atoms with E-state index in [2.05, 4.69) is 15.4 Å². The Bertz CT molecular complexity index is 1320. The van der Waals surface area contributed by atoms with Gasteiger partial charge in [-0.15, -0.1) is 0 Å². The molecule has 1 amide bonds. The first-order valence-corrected chi connectivity index (χ1v) is 10.4. The zero-order valence-corrected chi connectivity index (χ0v) is 18.3. The van der Waals surface area contributed by atoms with Gasteiger partial charge in [-0.3, -0.25) is 14.2 Å². The zero-order chi connectivity index (χ0) is 22.0. The summed E-state index contributed by atoms with van der Waals surface area (Å²) >= 11 is 17.8. The van der Waals surface area contributed by atoms with Crippen LogP contribution in [0.15, 0.2) is 59.8 Å². The van der Waals surface area contributed by atoms with Crippen LogP contribution in [0.25, 0.3) is 11.0 Å². The highest BCUT2D eigenvalue weighted by molar-refractivity contribution is 6.36. The molecule has 0 aliphatic heterocycles. The Morgan fingerprint density at radius 3 is 2.52 bits per heavy atom. The van der Waals surface area contributed by atoms with E-state index in [1.807, 2.05) is 12.1 Å². The van der Waals surface area contributed by atoms with Gasteiger partial charge < -0.3 is 5.32 Å². The van der Waals surface area contributed by atoms with E-state index >= 15 is 0 Å². The van der Waals surface area contributed by atoms with E-state index in [9.17, 15) is 9.59 Å². The minimum atomic E-state index is -0.323. The number of carbonyl (C=O) groups is 1. The molecule has 0 fully saturated rings. The van der Waals surface area contributed by atoms with E-state index < -0.39 is 0 Å². The van der Waals surface area contributed by atoms with E-state index in [0.717, 1.165) is 5.56 Å². The number of hydrogen-bond donors (Lipinski definition) is 1. The van der Waals surface area contributed by atoms with Crippen LogP contribution in [-0.4, -0.2) is 31.8 Å². The standard InChI is InChI=1S/C21H16Cl3N5O2/c22-14-3-1-13(2-4-14)11-28-12-26-19-17(21(28)31)10-27-29(19)8-7-25-20(30)16-6-5-15(23)9-18(16)24/h1-6,9-10,12H,7-8,11H2,(H,25,30). The fraction of sp³-hybridized carbons (Fsp3) is 0.143. The van der Waals surface area contributed by atoms with E-state index in [0.29, 0.717) is 39.7 Å². The van der Waals surface area contributed by atoms with Crippen molar-refractivity contribution in [2.75, 3.05) is 6.54 Å². The number of rotatable bonds is 6. The van der Waals surface area contributed by atoms with Gasteiger partial charge in [0.25, 0.3) is 11.5 Å². The molecule has 0 radical (unpaired) electrons. The van der Waals surface area contributed by atoms with Crippen LogP contribution >= 0.6 is 34.8 Å². The molecule has 1 N–H and O–H groups in total. The van der Waals surface area contributed by atoms with Crippen LogP contribution < -0.4 is 10.9 Å². The maximum Gasteiger partial charge on any atom is 0.264 e. The number of aromatic nitrogens is 4. The van der Waals surface area contributed by atoms with Crippen molar-refractivity contribution in [1.82, 2.24) is 24.6 Å². The molecule has 31 heavy (non-hydrogen) atoms. The fourth-order valence-electron chi connectivity index (χ4n) is 3.10. The molecule has 0 aliphatic carbocycles. The molecule has 0 saturated carbocycles. The van der Waals surface area contributed by atoms with E-state index in [1.54, 1.807) is 28.9 Å².